The largest absolute Gasteiger partial charge is 0.507 e. The van der Waals surface area contributed by atoms with Gasteiger partial charge in [-0.05, 0) is 45.6 Å². The molecule has 0 fully saturated rings. The van der Waals surface area contributed by atoms with Gasteiger partial charge in [-0.2, -0.15) is 0 Å². The minimum absolute atomic E-state index is 0.0672. The number of allylic oxidation sites excluding steroid dienone is 3. The van der Waals surface area contributed by atoms with Crippen molar-refractivity contribution in [2.45, 2.75) is 66.4 Å². The minimum Gasteiger partial charge on any atom is -0.507 e. The van der Waals surface area contributed by atoms with E-state index in [0.29, 0.717) is 46.1 Å². The van der Waals surface area contributed by atoms with E-state index in [-0.39, 0.29) is 41.1 Å². The molecule has 0 amide bonds. The topological polar surface area (TPSA) is 82.1 Å². The van der Waals surface area contributed by atoms with E-state index in [0.717, 1.165) is 11.1 Å². The normalized spacial score (nSPS) is 22.3. The van der Waals surface area contributed by atoms with Crippen molar-refractivity contribution in [3.63, 3.8) is 0 Å². The molecule has 2 heterocycles. The molecular formula is C31H34O6. The predicted molar refractivity (Wildman–Crippen MR) is 140 cm³/mol. The molecule has 2 aliphatic heterocycles. The third kappa shape index (κ3) is 3.68. The molecule has 6 heteroatoms. The lowest BCUT2D eigenvalue weighted by molar-refractivity contribution is -0.124. The lowest BCUT2D eigenvalue weighted by Crippen LogP contribution is -2.39. The number of carbonyl (C=O) groups is 2. The van der Waals surface area contributed by atoms with E-state index in [1.807, 2.05) is 51.1 Å². The van der Waals surface area contributed by atoms with Crippen LogP contribution in [0.15, 0.2) is 53.0 Å². The number of methoxy groups -OCH3 is 1. The van der Waals surface area contributed by atoms with Crippen molar-refractivity contribution in [3.05, 3.63) is 75.3 Å². The first kappa shape index (κ1) is 25.1. The molecule has 37 heavy (non-hydrogen) atoms. The second-order valence-corrected chi connectivity index (χ2v) is 11.2. The molecule has 6 nitrogen and oxygen atoms in total. The summed E-state index contributed by atoms with van der Waals surface area (Å²) in [4.78, 5) is 27.5. The van der Waals surface area contributed by atoms with Crippen LogP contribution in [0.4, 0.5) is 0 Å². The Morgan fingerprint density at radius 3 is 2.41 bits per heavy atom. The van der Waals surface area contributed by atoms with Crippen molar-refractivity contribution in [2.75, 3.05) is 7.11 Å². The maximum atomic E-state index is 14.1. The predicted octanol–water partition coefficient (Wildman–Crippen LogP) is 6.71. The summed E-state index contributed by atoms with van der Waals surface area (Å²) in [6, 6.07) is 9.60. The molecule has 0 radical (unpaired) electrons. The Morgan fingerprint density at radius 1 is 1.11 bits per heavy atom. The van der Waals surface area contributed by atoms with E-state index < -0.39 is 11.5 Å². The van der Waals surface area contributed by atoms with Crippen molar-refractivity contribution in [1.82, 2.24) is 0 Å². The highest BCUT2D eigenvalue weighted by Gasteiger charge is 2.50. The summed E-state index contributed by atoms with van der Waals surface area (Å²) in [7, 11) is 1.57. The van der Waals surface area contributed by atoms with Gasteiger partial charge in [-0.1, -0.05) is 44.2 Å². The van der Waals surface area contributed by atoms with Crippen LogP contribution in [-0.4, -0.2) is 23.8 Å². The van der Waals surface area contributed by atoms with Crippen LogP contribution in [0.3, 0.4) is 0 Å². The maximum Gasteiger partial charge on any atom is 0.176 e. The molecule has 5 rings (SSSR count). The number of Topliss-reactive ketones (excluding diaryl/α,β-unsaturated/α-hetero) is 2. The number of rotatable bonds is 4. The third-order valence-electron chi connectivity index (χ3n) is 7.85. The average molecular weight is 503 g/mol. The zero-order valence-corrected chi connectivity index (χ0v) is 22.5. The molecule has 0 aromatic heterocycles. The van der Waals surface area contributed by atoms with Crippen molar-refractivity contribution in [3.8, 4) is 17.2 Å². The number of hydrogen-bond donors (Lipinski definition) is 1. The lowest BCUT2D eigenvalue weighted by Gasteiger charge is -2.42. The van der Waals surface area contributed by atoms with Gasteiger partial charge in [0.1, 0.15) is 40.4 Å². The Hall–Kier alpha value is -3.54. The number of ether oxygens (including phenoxy) is 3. The van der Waals surface area contributed by atoms with E-state index in [4.69, 9.17) is 14.2 Å². The van der Waals surface area contributed by atoms with E-state index in [1.54, 1.807) is 14.0 Å². The van der Waals surface area contributed by atoms with E-state index in [9.17, 15) is 14.7 Å². The van der Waals surface area contributed by atoms with Crippen LogP contribution in [0, 0.1) is 18.3 Å². The fraction of sp³-hybridized carbons (Fsp3) is 0.419. The molecule has 1 aliphatic carbocycles. The first-order valence-electron chi connectivity index (χ1n) is 12.9. The Kier molecular flexibility index (Phi) is 5.97. The SMILES string of the molecule is COC1=C(C)C2=C(C(=O)C1(C)C)C(CC(C)C)c1c(c(C)c(O)c3c1OC(c1ccccc1)CC3=O)O2. The van der Waals surface area contributed by atoms with Gasteiger partial charge >= 0.3 is 0 Å². The van der Waals surface area contributed by atoms with Gasteiger partial charge in [0.15, 0.2) is 11.6 Å². The van der Waals surface area contributed by atoms with Crippen LogP contribution in [-0.2, 0) is 9.53 Å². The summed E-state index contributed by atoms with van der Waals surface area (Å²) in [6.45, 7) is 11.6. The van der Waals surface area contributed by atoms with Crippen LogP contribution >= 0.6 is 0 Å². The van der Waals surface area contributed by atoms with Crippen molar-refractivity contribution < 1.29 is 28.9 Å². The summed E-state index contributed by atoms with van der Waals surface area (Å²) in [5.74, 6) is 1.30. The molecule has 0 bridgehead atoms. The summed E-state index contributed by atoms with van der Waals surface area (Å²) in [6.07, 6.45) is 0.275. The van der Waals surface area contributed by atoms with Gasteiger partial charge in [-0.3, -0.25) is 9.59 Å². The average Bonchev–Trinajstić information content (AvgIpc) is 2.85. The first-order valence-corrected chi connectivity index (χ1v) is 12.9. The highest BCUT2D eigenvalue weighted by molar-refractivity contribution is 6.07. The molecule has 3 aliphatic rings. The number of hydrogen-bond acceptors (Lipinski definition) is 6. The minimum atomic E-state index is -0.872. The van der Waals surface area contributed by atoms with E-state index in [2.05, 4.69) is 13.8 Å². The standard InChI is InChI=1S/C31H34O6/c1-15(2)13-19-22-26(37-27-17(4)30(35-7)31(5,6)29(34)23(19)27)16(3)25(33)24-20(32)14-21(36-28(22)24)18-11-9-8-10-12-18/h8-12,15,19,21,33H,13-14H2,1-7H3. The molecular weight excluding hydrogens is 468 g/mol. The number of carbonyl (C=O) groups excluding carboxylic acids is 2. The molecule has 0 saturated heterocycles. The fourth-order valence-corrected chi connectivity index (χ4v) is 6.11. The van der Waals surface area contributed by atoms with Crippen LogP contribution in [0.1, 0.15) is 86.5 Å². The Morgan fingerprint density at radius 2 is 1.78 bits per heavy atom. The quantitative estimate of drug-likeness (QED) is 0.500. The van der Waals surface area contributed by atoms with Crippen LogP contribution < -0.4 is 9.47 Å². The number of benzene rings is 2. The van der Waals surface area contributed by atoms with Crippen LogP contribution in [0.5, 0.6) is 17.2 Å². The Balaban J connectivity index is 1.79. The highest BCUT2D eigenvalue weighted by Crippen LogP contribution is 2.58. The van der Waals surface area contributed by atoms with Gasteiger partial charge in [0.2, 0.25) is 0 Å². The summed E-state index contributed by atoms with van der Waals surface area (Å²) in [5.41, 5.74) is 2.66. The summed E-state index contributed by atoms with van der Waals surface area (Å²) < 4.78 is 18.7. The zero-order valence-electron chi connectivity index (χ0n) is 22.5. The Labute approximate surface area is 217 Å². The highest BCUT2D eigenvalue weighted by atomic mass is 16.5. The second kappa shape index (κ2) is 8.79. The third-order valence-corrected chi connectivity index (χ3v) is 7.85. The molecule has 0 spiro atoms. The van der Waals surface area contributed by atoms with Gasteiger partial charge in [-0.25, -0.2) is 0 Å². The number of phenolic OH excluding ortho intramolecular Hbond substituents is 1. The van der Waals surface area contributed by atoms with Crippen molar-refractivity contribution in [2.24, 2.45) is 11.3 Å². The lowest BCUT2D eigenvalue weighted by atomic mass is 9.68. The molecule has 2 aromatic carbocycles. The Bertz CT molecular complexity index is 1380. The van der Waals surface area contributed by atoms with Gasteiger partial charge in [-0.15, -0.1) is 0 Å². The summed E-state index contributed by atoms with van der Waals surface area (Å²) in [5, 5.41) is 11.2. The maximum absolute atomic E-state index is 14.1. The van der Waals surface area contributed by atoms with Crippen LogP contribution in [0.2, 0.25) is 0 Å². The number of fused-ring (bicyclic) bond motifs is 3. The molecule has 0 saturated carbocycles. The molecule has 194 valence electrons. The van der Waals surface area contributed by atoms with Gasteiger partial charge < -0.3 is 19.3 Å². The number of aromatic hydroxyl groups is 1. The smallest absolute Gasteiger partial charge is 0.176 e. The zero-order chi connectivity index (χ0) is 26.8. The fourth-order valence-electron chi connectivity index (χ4n) is 6.11. The van der Waals surface area contributed by atoms with Crippen molar-refractivity contribution in [1.29, 1.82) is 0 Å². The van der Waals surface area contributed by atoms with Gasteiger partial charge in [0.05, 0.1) is 18.9 Å². The molecule has 2 aromatic rings. The molecule has 1 N–H and O–H groups in total. The van der Waals surface area contributed by atoms with Crippen LogP contribution in [0.25, 0.3) is 0 Å². The molecule has 2 atom stereocenters. The number of phenols is 1. The second-order valence-electron chi connectivity index (χ2n) is 11.2. The summed E-state index contributed by atoms with van der Waals surface area (Å²) >= 11 is 0. The van der Waals surface area contributed by atoms with Crippen molar-refractivity contribution >= 4 is 11.6 Å². The van der Waals surface area contributed by atoms with Gasteiger partial charge in [0.25, 0.3) is 0 Å². The van der Waals surface area contributed by atoms with E-state index >= 15 is 0 Å². The number of ketones is 2. The van der Waals surface area contributed by atoms with E-state index in [1.165, 1.54) is 0 Å². The monoisotopic (exact) mass is 502 g/mol. The van der Waals surface area contributed by atoms with Gasteiger partial charge in [0, 0.05) is 28.2 Å². The first-order chi connectivity index (χ1) is 17.5. The molecule has 2 unspecified atom stereocenters.